The average Bonchev–Trinajstić information content (AvgIpc) is 3.19. The van der Waals surface area contributed by atoms with Crippen LogP contribution in [-0.4, -0.2) is 51.2 Å². The molecule has 9 heteroatoms. The van der Waals surface area contributed by atoms with E-state index in [-0.39, 0.29) is 23.8 Å². The number of rotatable bonds is 5. The predicted molar refractivity (Wildman–Crippen MR) is 121 cm³/mol. The van der Waals surface area contributed by atoms with E-state index in [0.717, 1.165) is 63.6 Å². The Morgan fingerprint density at radius 2 is 1.81 bits per heavy atom. The summed E-state index contributed by atoms with van der Waals surface area (Å²) >= 11 is 0. The van der Waals surface area contributed by atoms with Gasteiger partial charge < -0.3 is 20.3 Å². The Balaban J connectivity index is 1.70. The molecule has 1 aliphatic heterocycles. The summed E-state index contributed by atoms with van der Waals surface area (Å²) in [5.74, 6) is 0.189. The van der Waals surface area contributed by atoms with Gasteiger partial charge in [-0.25, -0.2) is 4.79 Å². The van der Waals surface area contributed by atoms with Gasteiger partial charge in [-0.1, -0.05) is 19.3 Å². The molecule has 0 spiro atoms. The number of piperidine rings is 1. The summed E-state index contributed by atoms with van der Waals surface area (Å²) in [6.45, 7) is 7.69. The molecule has 1 aliphatic carbocycles. The molecule has 2 fully saturated rings. The van der Waals surface area contributed by atoms with Crippen LogP contribution in [0.3, 0.4) is 0 Å². The van der Waals surface area contributed by atoms with Crippen molar-refractivity contribution < 1.29 is 19.1 Å². The van der Waals surface area contributed by atoms with Gasteiger partial charge in [-0.3, -0.25) is 14.7 Å². The number of ether oxygens (including phenoxy) is 1. The molecule has 3 amide bonds. The minimum absolute atomic E-state index is 0.0359. The quantitative estimate of drug-likeness (QED) is 0.633. The number of H-pyrrole nitrogens is 1. The maximum absolute atomic E-state index is 13.2. The largest absolute Gasteiger partial charge is 0.444 e. The van der Waals surface area contributed by atoms with E-state index in [2.05, 4.69) is 20.8 Å². The molecule has 178 valence electrons. The van der Waals surface area contributed by atoms with Gasteiger partial charge in [0.05, 0.1) is 11.7 Å². The Labute approximate surface area is 190 Å². The first kappa shape index (κ1) is 24.1. The summed E-state index contributed by atoms with van der Waals surface area (Å²) < 4.78 is 5.39. The van der Waals surface area contributed by atoms with Crippen LogP contribution < -0.4 is 10.6 Å². The number of carbonyl (C=O) groups is 3. The Bertz CT molecular complexity index is 810. The minimum Gasteiger partial charge on any atom is -0.444 e. The van der Waals surface area contributed by atoms with Crippen molar-refractivity contribution in [2.24, 2.45) is 5.92 Å². The number of carbonyl (C=O) groups excluding carboxylic acids is 3. The second kappa shape index (κ2) is 10.4. The minimum atomic E-state index is -0.686. The lowest BCUT2D eigenvalue weighted by Crippen LogP contribution is -2.50. The van der Waals surface area contributed by atoms with Gasteiger partial charge in [0.1, 0.15) is 11.6 Å². The maximum Gasteiger partial charge on any atom is 0.408 e. The summed E-state index contributed by atoms with van der Waals surface area (Å²) in [7, 11) is 0. The topological polar surface area (TPSA) is 116 Å². The molecule has 9 nitrogen and oxygen atoms in total. The van der Waals surface area contributed by atoms with Crippen molar-refractivity contribution in [3.8, 4) is 0 Å². The SMILES string of the molecule is CC(=O)N1CCCCC1c1cc(NC(=O)C(NC(=O)OC(C)(C)C)C2CCCCC2)n[nH]1. The molecule has 32 heavy (non-hydrogen) atoms. The Morgan fingerprint density at radius 1 is 1.12 bits per heavy atom. The summed E-state index contributed by atoms with van der Waals surface area (Å²) in [6, 6.07) is 1.04. The lowest BCUT2D eigenvalue weighted by atomic mass is 9.83. The third-order valence-electron chi connectivity index (χ3n) is 6.19. The number of alkyl carbamates (subject to hydrolysis) is 1. The highest BCUT2D eigenvalue weighted by Gasteiger charge is 2.33. The van der Waals surface area contributed by atoms with Gasteiger partial charge in [-0.2, -0.15) is 5.10 Å². The average molecular weight is 448 g/mol. The monoisotopic (exact) mass is 447 g/mol. The van der Waals surface area contributed by atoms with Crippen LogP contribution in [0.5, 0.6) is 0 Å². The first-order chi connectivity index (χ1) is 15.1. The second-order valence-electron chi connectivity index (χ2n) is 9.94. The van der Waals surface area contributed by atoms with E-state index in [1.165, 1.54) is 0 Å². The molecule has 0 bridgehead atoms. The standard InChI is InChI=1S/C23H37N5O4/c1-15(29)28-13-9-8-12-18(28)17-14-19(27-26-17)24-21(30)20(16-10-6-5-7-11-16)25-22(31)32-23(2,3)4/h14,16,18,20H,5-13H2,1-4H3,(H,25,31)(H2,24,26,27,30). The van der Waals surface area contributed by atoms with E-state index < -0.39 is 17.7 Å². The predicted octanol–water partition coefficient (Wildman–Crippen LogP) is 3.90. The van der Waals surface area contributed by atoms with Crippen molar-refractivity contribution in [2.75, 3.05) is 11.9 Å². The highest BCUT2D eigenvalue weighted by Crippen LogP contribution is 2.31. The van der Waals surface area contributed by atoms with Gasteiger partial charge in [0.25, 0.3) is 0 Å². The van der Waals surface area contributed by atoms with Gasteiger partial charge in [0.15, 0.2) is 5.82 Å². The zero-order valence-electron chi connectivity index (χ0n) is 19.7. The molecule has 1 aromatic rings. The van der Waals surface area contributed by atoms with E-state index in [9.17, 15) is 14.4 Å². The summed E-state index contributed by atoms with van der Waals surface area (Å²) in [6.07, 6.45) is 7.30. The van der Waals surface area contributed by atoms with Gasteiger partial charge in [0.2, 0.25) is 11.8 Å². The molecular formula is C23H37N5O4. The fourth-order valence-corrected chi connectivity index (χ4v) is 4.71. The van der Waals surface area contributed by atoms with Crippen molar-refractivity contribution in [3.05, 3.63) is 11.8 Å². The second-order valence-corrected chi connectivity index (χ2v) is 9.94. The molecule has 2 heterocycles. The fourth-order valence-electron chi connectivity index (χ4n) is 4.71. The van der Waals surface area contributed by atoms with E-state index in [0.29, 0.717) is 5.82 Å². The molecular weight excluding hydrogens is 410 g/mol. The van der Waals surface area contributed by atoms with Crippen molar-refractivity contribution >= 4 is 23.7 Å². The number of hydrogen-bond donors (Lipinski definition) is 3. The van der Waals surface area contributed by atoms with Crippen LogP contribution in [-0.2, 0) is 14.3 Å². The molecule has 2 aliphatic rings. The molecule has 0 radical (unpaired) electrons. The van der Waals surface area contributed by atoms with Gasteiger partial charge in [-0.15, -0.1) is 0 Å². The number of hydrogen-bond acceptors (Lipinski definition) is 5. The number of amides is 3. The van der Waals surface area contributed by atoms with Crippen LogP contribution >= 0.6 is 0 Å². The van der Waals surface area contributed by atoms with Crippen molar-refractivity contribution in [1.82, 2.24) is 20.4 Å². The molecule has 2 atom stereocenters. The van der Waals surface area contributed by atoms with Gasteiger partial charge in [0, 0.05) is 19.5 Å². The Kier molecular flexibility index (Phi) is 7.79. The smallest absolute Gasteiger partial charge is 0.408 e. The van der Waals surface area contributed by atoms with Crippen molar-refractivity contribution in [2.45, 2.75) is 96.7 Å². The molecule has 1 aromatic heterocycles. The molecule has 3 rings (SSSR count). The van der Waals surface area contributed by atoms with Crippen LogP contribution in [0.1, 0.15) is 90.8 Å². The van der Waals surface area contributed by atoms with Crippen LogP contribution in [0.15, 0.2) is 6.07 Å². The van der Waals surface area contributed by atoms with Gasteiger partial charge >= 0.3 is 6.09 Å². The Hall–Kier alpha value is -2.58. The van der Waals surface area contributed by atoms with E-state index in [1.807, 2.05) is 4.90 Å². The molecule has 1 saturated carbocycles. The third kappa shape index (κ3) is 6.46. The van der Waals surface area contributed by atoms with Crippen LogP contribution in [0.2, 0.25) is 0 Å². The van der Waals surface area contributed by atoms with Crippen molar-refractivity contribution in [1.29, 1.82) is 0 Å². The lowest BCUT2D eigenvalue weighted by Gasteiger charge is -2.34. The number of aromatic amines is 1. The number of anilines is 1. The third-order valence-corrected chi connectivity index (χ3v) is 6.19. The van der Waals surface area contributed by atoms with E-state index in [1.54, 1.807) is 33.8 Å². The summed E-state index contributed by atoms with van der Waals surface area (Å²) in [5, 5.41) is 12.9. The van der Waals surface area contributed by atoms with Crippen molar-refractivity contribution in [3.63, 3.8) is 0 Å². The Morgan fingerprint density at radius 3 is 2.47 bits per heavy atom. The number of nitrogens with one attached hydrogen (secondary N) is 3. The fraction of sp³-hybridized carbons (Fsp3) is 0.739. The molecule has 3 N–H and O–H groups in total. The van der Waals surface area contributed by atoms with Crippen LogP contribution in [0.25, 0.3) is 0 Å². The normalized spacial score (nSPS) is 21.0. The molecule has 2 unspecified atom stereocenters. The van der Waals surface area contributed by atoms with Crippen LogP contribution in [0.4, 0.5) is 10.6 Å². The summed E-state index contributed by atoms with van der Waals surface area (Å²) in [5.41, 5.74) is 0.168. The van der Waals surface area contributed by atoms with E-state index >= 15 is 0 Å². The highest BCUT2D eigenvalue weighted by molar-refractivity contribution is 5.96. The molecule has 1 saturated heterocycles. The number of aromatic nitrogens is 2. The maximum atomic E-state index is 13.2. The first-order valence-corrected chi connectivity index (χ1v) is 11.8. The first-order valence-electron chi connectivity index (χ1n) is 11.8. The summed E-state index contributed by atoms with van der Waals surface area (Å²) in [4.78, 5) is 39.4. The zero-order chi connectivity index (χ0) is 23.3. The number of likely N-dealkylation sites (tertiary alicyclic amines) is 1. The van der Waals surface area contributed by atoms with Gasteiger partial charge in [-0.05, 0) is 58.8 Å². The van der Waals surface area contributed by atoms with E-state index in [4.69, 9.17) is 4.74 Å². The molecule has 0 aromatic carbocycles. The number of nitrogens with zero attached hydrogens (tertiary/aromatic N) is 2. The highest BCUT2D eigenvalue weighted by atomic mass is 16.6. The lowest BCUT2D eigenvalue weighted by molar-refractivity contribution is -0.132. The van der Waals surface area contributed by atoms with Crippen LogP contribution in [0, 0.1) is 5.92 Å². The zero-order valence-corrected chi connectivity index (χ0v) is 19.7.